The van der Waals surface area contributed by atoms with Crippen molar-refractivity contribution < 1.29 is 9.18 Å². The summed E-state index contributed by atoms with van der Waals surface area (Å²) in [4.78, 5) is 11.4. The van der Waals surface area contributed by atoms with Gasteiger partial charge in [-0.15, -0.1) is 0 Å². The minimum absolute atomic E-state index is 0.151. The van der Waals surface area contributed by atoms with Gasteiger partial charge in [-0.3, -0.25) is 10.1 Å². The molecule has 17 heavy (non-hydrogen) atoms. The van der Waals surface area contributed by atoms with Crippen LogP contribution in [-0.2, 0) is 4.79 Å². The zero-order chi connectivity index (χ0) is 13.0. The number of hydrogen-bond acceptors (Lipinski definition) is 2. The lowest BCUT2D eigenvalue weighted by Gasteiger charge is -2.23. The number of nitrogens with one attached hydrogen (secondary N) is 1. The first-order chi connectivity index (χ1) is 7.91. The molecule has 2 atom stereocenters. The van der Waals surface area contributed by atoms with Crippen LogP contribution in [0.3, 0.4) is 0 Å². The summed E-state index contributed by atoms with van der Waals surface area (Å²) in [5, 5.41) is 3.15. The van der Waals surface area contributed by atoms with Crippen LogP contribution >= 0.6 is 0 Å². The maximum absolute atomic E-state index is 12.8. The fourth-order valence-electron chi connectivity index (χ4n) is 1.45. The van der Waals surface area contributed by atoms with Crippen molar-refractivity contribution in [1.29, 1.82) is 0 Å². The van der Waals surface area contributed by atoms with Crippen molar-refractivity contribution in [2.45, 2.75) is 32.9 Å². The third-order valence-electron chi connectivity index (χ3n) is 2.92. The Balaban J connectivity index is 2.86. The molecule has 0 fully saturated rings. The molecule has 1 aromatic rings. The Bertz CT molecular complexity index is 376. The van der Waals surface area contributed by atoms with Crippen LogP contribution in [0.4, 0.5) is 4.39 Å². The van der Waals surface area contributed by atoms with E-state index >= 15 is 0 Å². The molecule has 0 aromatic heterocycles. The average Bonchev–Trinajstić information content (AvgIpc) is 2.26. The van der Waals surface area contributed by atoms with Gasteiger partial charge in [0.2, 0.25) is 5.91 Å². The molecular formula is C13H19FN2O. The highest BCUT2D eigenvalue weighted by Gasteiger charge is 2.20. The van der Waals surface area contributed by atoms with E-state index in [1.165, 1.54) is 12.1 Å². The first-order valence-corrected chi connectivity index (χ1v) is 5.72. The van der Waals surface area contributed by atoms with Gasteiger partial charge in [0, 0.05) is 6.04 Å². The van der Waals surface area contributed by atoms with Crippen LogP contribution < -0.4 is 11.1 Å². The zero-order valence-electron chi connectivity index (χ0n) is 10.4. The number of halogens is 1. The summed E-state index contributed by atoms with van der Waals surface area (Å²) in [6, 6.07) is 5.38. The lowest BCUT2D eigenvalue weighted by atomic mass is 10.0. The summed E-state index contributed by atoms with van der Waals surface area (Å²) in [5.41, 5.74) is 6.05. The van der Waals surface area contributed by atoms with E-state index in [4.69, 9.17) is 5.73 Å². The molecule has 0 saturated heterocycles. The fourth-order valence-corrected chi connectivity index (χ4v) is 1.45. The van der Waals surface area contributed by atoms with Crippen molar-refractivity contribution in [3.63, 3.8) is 0 Å². The molecule has 94 valence electrons. The van der Waals surface area contributed by atoms with Crippen LogP contribution in [0.2, 0.25) is 0 Å². The number of amides is 1. The molecule has 0 aliphatic carbocycles. The number of carbonyl (C=O) groups is 1. The Labute approximate surface area is 101 Å². The van der Waals surface area contributed by atoms with E-state index in [9.17, 15) is 9.18 Å². The van der Waals surface area contributed by atoms with Gasteiger partial charge in [0.1, 0.15) is 11.9 Å². The van der Waals surface area contributed by atoms with E-state index in [-0.39, 0.29) is 11.9 Å². The lowest BCUT2D eigenvalue weighted by Crippen LogP contribution is -2.40. The predicted octanol–water partition coefficient (Wildman–Crippen LogP) is 1.99. The largest absolute Gasteiger partial charge is 0.368 e. The Morgan fingerprint density at radius 2 is 1.76 bits per heavy atom. The quantitative estimate of drug-likeness (QED) is 0.824. The van der Waals surface area contributed by atoms with Gasteiger partial charge in [-0.05, 0) is 30.5 Å². The second-order valence-corrected chi connectivity index (χ2v) is 4.59. The highest BCUT2D eigenvalue weighted by Crippen LogP contribution is 2.15. The molecule has 0 aliphatic heterocycles. The molecule has 1 amide bonds. The molecule has 3 N–H and O–H groups in total. The smallest absolute Gasteiger partial charge is 0.239 e. The van der Waals surface area contributed by atoms with E-state index in [1.807, 2.05) is 6.92 Å². The van der Waals surface area contributed by atoms with E-state index in [1.54, 1.807) is 12.1 Å². The normalized spacial score (nSPS) is 14.6. The summed E-state index contributed by atoms with van der Waals surface area (Å²) in [7, 11) is 0. The average molecular weight is 238 g/mol. The minimum Gasteiger partial charge on any atom is -0.368 e. The molecule has 0 heterocycles. The van der Waals surface area contributed by atoms with Gasteiger partial charge >= 0.3 is 0 Å². The zero-order valence-corrected chi connectivity index (χ0v) is 10.4. The van der Waals surface area contributed by atoms with Gasteiger partial charge < -0.3 is 5.73 Å². The second kappa shape index (κ2) is 5.77. The summed E-state index contributed by atoms with van der Waals surface area (Å²) in [6.45, 7) is 6.10. The van der Waals surface area contributed by atoms with Crippen molar-refractivity contribution in [2.75, 3.05) is 0 Å². The van der Waals surface area contributed by atoms with Crippen LogP contribution in [0.25, 0.3) is 0 Å². The Morgan fingerprint density at radius 3 is 2.18 bits per heavy atom. The van der Waals surface area contributed by atoms with Crippen molar-refractivity contribution >= 4 is 5.91 Å². The van der Waals surface area contributed by atoms with Gasteiger partial charge in [0.15, 0.2) is 0 Å². The Morgan fingerprint density at radius 1 is 1.24 bits per heavy atom. The maximum Gasteiger partial charge on any atom is 0.239 e. The van der Waals surface area contributed by atoms with Crippen LogP contribution in [0.1, 0.15) is 32.4 Å². The molecule has 0 saturated carbocycles. The third kappa shape index (κ3) is 3.82. The lowest BCUT2D eigenvalue weighted by molar-refractivity contribution is -0.120. The molecule has 0 unspecified atom stereocenters. The number of primary amides is 1. The minimum atomic E-state index is -0.576. The first kappa shape index (κ1) is 13.6. The summed E-state index contributed by atoms with van der Waals surface area (Å²) >= 11 is 0. The van der Waals surface area contributed by atoms with E-state index in [2.05, 4.69) is 19.2 Å². The predicted molar refractivity (Wildman–Crippen MR) is 65.8 cm³/mol. The van der Waals surface area contributed by atoms with Crippen molar-refractivity contribution in [2.24, 2.45) is 11.7 Å². The van der Waals surface area contributed by atoms with Crippen LogP contribution in [-0.4, -0.2) is 11.9 Å². The number of benzene rings is 1. The first-order valence-electron chi connectivity index (χ1n) is 5.72. The molecule has 0 spiro atoms. The highest BCUT2D eigenvalue weighted by atomic mass is 19.1. The molecule has 1 rings (SSSR count). The Hall–Kier alpha value is -1.42. The van der Waals surface area contributed by atoms with Crippen molar-refractivity contribution in [3.8, 4) is 0 Å². The SMILES string of the molecule is CC(C)[C@H](C)N[C@H](C(N)=O)c1ccc(F)cc1. The number of rotatable bonds is 5. The van der Waals surface area contributed by atoms with Crippen molar-refractivity contribution in [3.05, 3.63) is 35.6 Å². The van der Waals surface area contributed by atoms with Crippen LogP contribution in [0.15, 0.2) is 24.3 Å². The maximum atomic E-state index is 12.8. The molecule has 0 radical (unpaired) electrons. The van der Waals surface area contributed by atoms with Gasteiger partial charge in [-0.1, -0.05) is 26.0 Å². The summed E-state index contributed by atoms with van der Waals surface area (Å²) in [5.74, 6) is -0.393. The molecule has 3 nitrogen and oxygen atoms in total. The molecule has 1 aromatic carbocycles. The van der Waals surface area contributed by atoms with E-state index in [0.29, 0.717) is 11.5 Å². The topological polar surface area (TPSA) is 55.1 Å². The van der Waals surface area contributed by atoms with Gasteiger partial charge in [-0.2, -0.15) is 0 Å². The summed E-state index contributed by atoms with van der Waals surface area (Å²) in [6.07, 6.45) is 0. The van der Waals surface area contributed by atoms with Gasteiger partial charge in [0.05, 0.1) is 0 Å². The highest BCUT2D eigenvalue weighted by molar-refractivity contribution is 5.81. The molecule has 0 bridgehead atoms. The van der Waals surface area contributed by atoms with E-state index < -0.39 is 11.9 Å². The molecule has 0 aliphatic rings. The Kier molecular flexibility index (Phi) is 4.63. The number of carbonyl (C=O) groups excluding carboxylic acids is 1. The van der Waals surface area contributed by atoms with Crippen molar-refractivity contribution in [1.82, 2.24) is 5.32 Å². The van der Waals surface area contributed by atoms with Crippen LogP contribution in [0, 0.1) is 11.7 Å². The van der Waals surface area contributed by atoms with E-state index in [0.717, 1.165) is 0 Å². The number of nitrogens with two attached hydrogens (primary N) is 1. The standard InChI is InChI=1S/C13H19FN2O/c1-8(2)9(3)16-12(13(15)17)10-4-6-11(14)7-5-10/h4-9,12,16H,1-3H3,(H2,15,17)/t9-,12-/m0/s1. The number of hydrogen-bond donors (Lipinski definition) is 2. The van der Waals surface area contributed by atoms with Crippen LogP contribution in [0.5, 0.6) is 0 Å². The second-order valence-electron chi connectivity index (χ2n) is 4.59. The fraction of sp³-hybridized carbons (Fsp3) is 0.462. The van der Waals surface area contributed by atoms with Gasteiger partial charge in [0.25, 0.3) is 0 Å². The molecule has 4 heteroatoms. The summed E-state index contributed by atoms with van der Waals surface area (Å²) < 4.78 is 12.8. The molecular weight excluding hydrogens is 219 g/mol. The third-order valence-corrected chi connectivity index (χ3v) is 2.92. The van der Waals surface area contributed by atoms with Gasteiger partial charge in [-0.25, -0.2) is 4.39 Å². The monoisotopic (exact) mass is 238 g/mol.